The van der Waals surface area contributed by atoms with Crippen LogP contribution >= 0.6 is 0 Å². The molecule has 0 aromatic carbocycles. The van der Waals surface area contributed by atoms with Crippen LogP contribution in [0, 0.1) is 0 Å². The Morgan fingerprint density at radius 1 is 0.318 bits per heavy atom. The van der Waals surface area contributed by atoms with E-state index in [0.717, 1.165) is 128 Å². The second-order valence-corrected chi connectivity index (χ2v) is 17.4. The van der Waals surface area contributed by atoms with Crippen LogP contribution in [0.25, 0.3) is 0 Å². The summed E-state index contributed by atoms with van der Waals surface area (Å²) in [6.07, 6.45) is 72.2. The van der Waals surface area contributed by atoms with Gasteiger partial charge in [-0.2, -0.15) is 0 Å². The number of allylic oxidation sites excluding steroid dienone is 18. The van der Waals surface area contributed by atoms with Gasteiger partial charge in [0.25, 0.3) is 0 Å². The molecule has 6 heteroatoms. The highest BCUT2D eigenvalue weighted by Gasteiger charge is 2.19. The zero-order chi connectivity index (χ0) is 47.9. The smallest absolute Gasteiger partial charge is 0.306 e. The SMILES string of the molecule is CC/C=C\C/C=C\C/C=C\C/C=C\CCCCCCCCC(=O)OCC(COC(=O)CCCC/C=C\C/C=C\C/C=C\CC)OC(=O)CCCCCCCCC/C=C\C/C=C\CCCCC. The first-order chi connectivity index (χ1) is 32.5. The third-order valence-corrected chi connectivity index (χ3v) is 11.0. The fourth-order valence-electron chi connectivity index (χ4n) is 7.01. The largest absolute Gasteiger partial charge is 0.462 e. The molecule has 1 unspecified atom stereocenters. The summed E-state index contributed by atoms with van der Waals surface area (Å²) in [7, 11) is 0. The van der Waals surface area contributed by atoms with E-state index >= 15 is 0 Å². The molecule has 374 valence electrons. The van der Waals surface area contributed by atoms with Crippen LogP contribution in [0.3, 0.4) is 0 Å². The van der Waals surface area contributed by atoms with Crippen LogP contribution in [0.2, 0.25) is 0 Å². The van der Waals surface area contributed by atoms with E-state index in [1.54, 1.807) is 0 Å². The summed E-state index contributed by atoms with van der Waals surface area (Å²) in [6.45, 7) is 6.32. The van der Waals surface area contributed by atoms with Gasteiger partial charge in [-0.1, -0.05) is 201 Å². The molecule has 0 amide bonds. The molecule has 0 aromatic rings. The third-order valence-electron chi connectivity index (χ3n) is 11.0. The Morgan fingerprint density at radius 2 is 0.591 bits per heavy atom. The van der Waals surface area contributed by atoms with E-state index in [0.29, 0.717) is 19.3 Å². The van der Waals surface area contributed by atoms with Crippen LogP contribution in [0.15, 0.2) is 109 Å². The normalized spacial score (nSPS) is 13.0. The van der Waals surface area contributed by atoms with E-state index < -0.39 is 6.10 Å². The van der Waals surface area contributed by atoms with Gasteiger partial charge in [-0.25, -0.2) is 0 Å². The molecule has 0 rings (SSSR count). The number of carbonyl (C=O) groups is 3. The Labute approximate surface area is 406 Å². The summed E-state index contributed by atoms with van der Waals surface area (Å²) >= 11 is 0. The standard InChI is InChI=1S/C60H98O6/c1-4-7-10-13-16-19-22-25-27-29-30-32-33-35-38-41-44-47-50-53-59(62)65-56-57(55-64-58(61)52-49-46-43-40-37-24-21-18-15-12-9-6-3)66-60(63)54-51-48-45-42-39-36-34-31-28-26-23-20-17-14-11-8-5-2/h7,9-10,12,16-21,25-28,30,32,37,40,57H,4-6,8,11,13-15,22-24,29,31,33-36,38-39,41-56H2,1-3H3/b10-7-,12-9-,19-16-,20-17-,21-18-,27-25-,28-26-,32-30-,40-37-. The van der Waals surface area contributed by atoms with Crippen LogP contribution in [0.4, 0.5) is 0 Å². The minimum atomic E-state index is -0.806. The van der Waals surface area contributed by atoms with Crippen molar-refractivity contribution in [3.63, 3.8) is 0 Å². The van der Waals surface area contributed by atoms with E-state index in [2.05, 4.69) is 130 Å². The number of hydrogen-bond acceptors (Lipinski definition) is 6. The zero-order valence-corrected chi connectivity index (χ0v) is 42.7. The van der Waals surface area contributed by atoms with Crippen molar-refractivity contribution in [3.05, 3.63) is 109 Å². The van der Waals surface area contributed by atoms with Crippen LogP contribution in [-0.4, -0.2) is 37.2 Å². The highest BCUT2D eigenvalue weighted by atomic mass is 16.6. The predicted molar refractivity (Wildman–Crippen MR) is 283 cm³/mol. The van der Waals surface area contributed by atoms with Gasteiger partial charge < -0.3 is 14.2 Å². The molecule has 0 N–H and O–H groups in total. The minimum Gasteiger partial charge on any atom is -0.462 e. The van der Waals surface area contributed by atoms with E-state index in [4.69, 9.17) is 14.2 Å². The maximum atomic E-state index is 12.8. The second-order valence-electron chi connectivity index (χ2n) is 17.4. The van der Waals surface area contributed by atoms with Crippen molar-refractivity contribution in [2.75, 3.05) is 13.2 Å². The van der Waals surface area contributed by atoms with Crippen molar-refractivity contribution in [1.82, 2.24) is 0 Å². The number of esters is 3. The first kappa shape index (κ1) is 62.1. The molecule has 6 nitrogen and oxygen atoms in total. The lowest BCUT2D eigenvalue weighted by molar-refractivity contribution is -0.167. The van der Waals surface area contributed by atoms with Gasteiger partial charge in [-0.15, -0.1) is 0 Å². The molecule has 0 spiro atoms. The number of ether oxygens (including phenoxy) is 3. The van der Waals surface area contributed by atoms with Crippen molar-refractivity contribution in [2.24, 2.45) is 0 Å². The number of rotatable bonds is 47. The summed E-state index contributed by atoms with van der Waals surface area (Å²) in [4.78, 5) is 38.0. The van der Waals surface area contributed by atoms with Crippen molar-refractivity contribution >= 4 is 17.9 Å². The van der Waals surface area contributed by atoms with Gasteiger partial charge in [-0.05, 0) is 122 Å². The van der Waals surface area contributed by atoms with E-state index in [1.807, 2.05) is 0 Å². The lowest BCUT2D eigenvalue weighted by atomic mass is 10.1. The quantitative estimate of drug-likeness (QED) is 0.0262. The van der Waals surface area contributed by atoms with E-state index in [1.165, 1.54) is 64.2 Å². The topological polar surface area (TPSA) is 78.9 Å². The van der Waals surface area contributed by atoms with Crippen molar-refractivity contribution < 1.29 is 28.6 Å². The van der Waals surface area contributed by atoms with Crippen molar-refractivity contribution in [3.8, 4) is 0 Å². The minimum absolute atomic E-state index is 0.103. The molecule has 0 aliphatic rings. The van der Waals surface area contributed by atoms with Crippen LogP contribution in [-0.2, 0) is 28.6 Å². The maximum absolute atomic E-state index is 12.8. The molecule has 0 heterocycles. The predicted octanol–water partition coefficient (Wildman–Crippen LogP) is 17.9. The third kappa shape index (κ3) is 51.1. The summed E-state index contributed by atoms with van der Waals surface area (Å²) in [5.41, 5.74) is 0. The molecule has 0 aliphatic carbocycles. The Balaban J connectivity index is 4.45. The van der Waals surface area contributed by atoms with Gasteiger partial charge in [0, 0.05) is 19.3 Å². The highest BCUT2D eigenvalue weighted by molar-refractivity contribution is 5.71. The molecule has 0 aliphatic heterocycles. The van der Waals surface area contributed by atoms with Crippen LogP contribution in [0.1, 0.15) is 233 Å². The molecule has 0 saturated heterocycles. The highest BCUT2D eigenvalue weighted by Crippen LogP contribution is 2.13. The maximum Gasteiger partial charge on any atom is 0.306 e. The number of carbonyl (C=O) groups excluding carboxylic acids is 3. The fraction of sp³-hybridized carbons (Fsp3) is 0.650. The average Bonchev–Trinajstić information content (AvgIpc) is 3.31. The molecular formula is C60H98O6. The lowest BCUT2D eigenvalue weighted by Gasteiger charge is -2.18. The van der Waals surface area contributed by atoms with Gasteiger partial charge in [0.2, 0.25) is 0 Å². The molecule has 0 radical (unpaired) electrons. The Hall–Kier alpha value is -3.93. The molecular weight excluding hydrogens is 817 g/mol. The molecule has 0 saturated carbocycles. The van der Waals surface area contributed by atoms with Crippen LogP contribution in [0.5, 0.6) is 0 Å². The molecule has 0 fully saturated rings. The summed E-state index contributed by atoms with van der Waals surface area (Å²) in [5, 5.41) is 0. The van der Waals surface area contributed by atoms with Gasteiger partial charge in [0.05, 0.1) is 0 Å². The second kappa shape index (κ2) is 53.7. The zero-order valence-electron chi connectivity index (χ0n) is 42.7. The van der Waals surface area contributed by atoms with Gasteiger partial charge in [0.15, 0.2) is 6.10 Å². The summed E-state index contributed by atoms with van der Waals surface area (Å²) in [6, 6.07) is 0. The fourth-order valence-corrected chi connectivity index (χ4v) is 7.01. The Kier molecular flexibility index (Phi) is 50.5. The average molecular weight is 915 g/mol. The first-order valence-electron chi connectivity index (χ1n) is 26.9. The van der Waals surface area contributed by atoms with Gasteiger partial charge in [-0.3, -0.25) is 14.4 Å². The number of hydrogen-bond donors (Lipinski definition) is 0. The van der Waals surface area contributed by atoms with Crippen molar-refractivity contribution in [2.45, 2.75) is 239 Å². The summed E-state index contributed by atoms with van der Waals surface area (Å²) in [5.74, 6) is -0.968. The van der Waals surface area contributed by atoms with Gasteiger partial charge >= 0.3 is 17.9 Å². The Bertz CT molecular complexity index is 1370. The molecule has 1 atom stereocenters. The van der Waals surface area contributed by atoms with Crippen molar-refractivity contribution in [1.29, 1.82) is 0 Å². The Morgan fingerprint density at radius 3 is 0.955 bits per heavy atom. The van der Waals surface area contributed by atoms with E-state index in [-0.39, 0.29) is 31.1 Å². The molecule has 66 heavy (non-hydrogen) atoms. The van der Waals surface area contributed by atoms with Crippen LogP contribution < -0.4 is 0 Å². The van der Waals surface area contributed by atoms with Gasteiger partial charge in [0.1, 0.15) is 13.2 Å². The summed E-state index contributed by atoms with van der Waals surface area (Å²) < 4.78 is 16.8. The lowest BCUT2D eigenvalue weighted by Crippen LogP contribution is -2.30. The molecule has 0 bridgehead atoms. The monoisotopic (exact) mass is 915 g/mol. The molecule has 0 aromatic heterocycles. The van der Waals surface area contributed by atoms with E-state index in [9.17, 15) is 14.4 Å². The first-order valence-corrected chi connectivity index (χ1v) is 26.9. The number of unbranched alkanes of at least 4 members (excludes halogenated alkanes) is 18.